The standard InChI is InChI=1S/C12H13ClF3NO2S/c1-11(2,3)20(18)17-7-8-4-5-10(9(13)6-8)19-12(14,15)16/h4-7H,1-3H3/t20-/m1/s1. The van der Waals surface area contributed by atoms with Crippen LogP contribution in [0.4, 0.5) is 13.2 Å². The fourth-order valence-electron chi connectivity index (χ4n) is 1.07. The van der Waals surface area contributed by atoms with E-state index in [9.17, 15) is 17.4 Å². The Balaban J connectivity index is 2.88. The molecule has 0 heterocycles. The molecule has 0 aliphatic carbocycles. The number of rotatable bonds is 3. The third kappa shape index (κ3) is 5.50. The highest BCUT2D eigenvalue weighted by molar-refractivity contribution is 7.85. The second kappa shape index (κ2) is 6.13. The van der Waals surface area contributed by atoms with Crippen molar-refractivity contribution in [3.8, 4) is 5.75 Å². The first-order valence-corrected chi connectivity index (χ1v) is 6.99. The van der Waals surface area contributed by atoms with Crippen LogP contribution in [0.5, 0.6) is 5.75 Å². The van der Waals surface area contributed by atoms with Crippen LogP contribution in [0.1, 0.15) is 26.3 Å². The molecule has 0 aliphatic heterocycles. The van der Waals surface area contributed by atoms with Crippen LogP contribution in [0.2, 0.25) is 5.02 Å². The molecule has 0 bridgehead atoms. The Hall–Kier alpha value is -1.08. The Kier molecular flexibility index (Phi) is 5.21. The topological polar surface area (TPSA) is 38.7 Å². The summed E-state index contributed by atoms with van der Waals surface area (Å²) in [4.78, 5) is 0. The summed E-state index contributed by atoms with van der Waals surface area (Å²) < 4.78 is 54.9. The van der Waals surface area contributed by atoms with Gasteiger partial charge in [0.25, 0.3) is 0 Å². The average molecular weight is 328 g/mol. The summed E-state index contributed by atoms with van der Waals surface area (Å²) in [5.74, 6) is -0.492. The maximum atomic E-state index is 12.1. The molecule has 0 spiro atoms. The van der Waals surface area contributed by atoms with Gasteiger partial charge in [-0.2, -0.15) is 4.40 Å². The van der Waals surface area contributed by atoms with Crippen molar-refractivity contribution in [2.24, 2.45) is 4.40 Å². The van der Waals surface area contributed by atoms with Crippen molar-refractivity contribution in [2.75, 3.05) is 0 Å². The SMILES string of the molecule is CC(C)(C)[S@@](=O)N=Cc1ccc(OC(F)(F)F)c(Cl)c1. The van der Waals surface area contributed by atoms with E-state index in [-0.39, 0.29) is 5.02 Å². The van der Waals surface area contributed by atoms with E-state index >= 15 is 0 Å². The molecule has 112 valence electrons. The summed E-state index contributed by atoms with van der Waals surface area (Å²) in [7, 11) is -1.45. The van der Waals surface area contributed by atoms with Crippen LogP contribution >= 0.6 is 11.6 Å². The lowest BCUT2D eigenvalue weighted by atomic mass is 10.2. The van der Waals surface area contributed by atoms with E-state index < -0.39 is 27.8 Å². The van der Waals surface area contributed by atoms with E-state index in [1.165, 1.54) is 18.3 Å². The fraction of sp³-hybridized carbons (Fsp3) is 0.417. The number of hydrogen-bond donors (Lipinski definition) is 0. The molecule has 1 aromatic rings. The molecule has 0 radical (unpaired) electrons. The molecular formula is C12H13ClF3NO2S. The molecule has 20 heavy (non-hydrogen) atoms. The highest BCUT2D eigenvalue weighted by atomic mass is 35.5. The third-order valence-corrected chi connectivity index (χ3v) is 3.64. The Morgan fingerprint density at radius 3 is 2.35 bits per heavy atom. The van der Waals surface area contributed by atoms with Crippen LogP contribution in [0, 0.1) is 0 Å². The highest BCUT2D eigenvalue weighted by Crippen LogP contribution is 2.30. The normalized spacial score (nSPS) is 14.6. The van der Waals surface area contributed by atoms with E-state index in [4.69, 9.17) is 11.6 Å². The minimum atomic E-state index is -4.80. The van der Waals surface area contributed by atoms with Gasteiger partial charge < -0.3 is 4.74 Å². The van der Waals surface area contributed by atoms with Crippen LogP contribution in [-0.2, 0) is 11.0 Å². The van der Waals surface area contributed by atoms with Crippen molar-refractivity contribution in [3.05, 3.63) is 28.8 Å². The predicted octanol–water partition coefficient (Wildman–Crippen LogP) is 4.12. The second-order valence-electron chi connectivity index (χ2n) is 4.83. The number of hydrogen-bond acceptors (Lipinski definition) is 2. The van der Waals surface area contributed by atoms with E-state index in [0.29, 0.717) is 5.56 Å². The van der Waals surface area contributed by atoms with Gasteiger partial charge in [0.2, 0.25) is 0 Å². The van der Waals surface area contributed by atoms with Gasteiger partial charge in [0.05, 0.1) is 9.77 Å². The number of nitrogens with zero attached hydrogens (tertiary/aromatic N) is 1. The number of alkyl halides is 3. The molecule has 0 aromatic heterocycles. The van der Waals surface area contributed by atoms with Crippen LogP contribution in [0.25, 0.3) is 0 Å². The zero-order valence-corrected chi connectivity index (χ0v) is 12.6. The second-order valence-corrected chi connectivity index (χ2v) is 7.17. The lowest BCUT2D eigenvalue weighted by Crippen LogP contribution is -2.19. The van der Waals surface area contributed by atoms with Crippen molar-refractivity contribution in [3.63, 3.8) is 0 Å². The monoisotopic (exact) mass is 327 g/mol. The van der Waals surface area contributed by atoms with Gasteiger partial charge in [-0.3, -0.25) is 0 Å². The molecule has 8 heteroatoms. The predicted molar refractivity (Wildman–Crippen MR) is 73.6 cm³/mol. The summed E-state index contributed by atoms with van der Waals surface area (Å²) in [6.07, 6.45) is -3.50. The zero-order chi connectivity index (χ0) is 15.6. The quantitative estimate of drug-likeness (QED) is 0.783. The Labute approximate surface area is 122 Å². The Morgan fingerprint density at radius 1 is 1.30 bits per heavy atom. The summed E-state index contributed by atoms with van der Waals surface area (Å²) in [6.45, 7) is 5.27. The van der Waals surface area contributed by atoms with Gasteiger partial charge in [-0.25, -0.2) is 4.21 Å². The first-order chi connectivity index (χ1) is 8.99. The summed E-state index contributed by atoms with van der Waals surface area (Å²) in [6, 6.07) is 3.68. The van der Waals surface area contributed by atoms with E-state index in [2.05, 4.69) is 9.13 Å². The molecule has 1 aromatic carbocycles. The molecule has 0 unspecified atom stereocenters. The molecule has 0 saturated heterocycles. The van der Waals surface area contributed by atoms with Crippen molar-refractivity contribution in [2.45, 2.75) is 31.9 Å². The largest absolute Gasteiger partial charge is 0.573 e. The number of ether oxygens (including phenoxy) is 1. The minimum absolute atomic E-state index is 0.201. The van der Waals surface area contributed by atoms with Gasteiger partial charge in [0.1, 0.15) is 16.7 Å². The van der Waals surface area contributed by atoms with Crippen molar-refractivity contribution in [1.29, 1.82) is 0 Å². The smallest absolute Gasteiger partial charge is 0.404 e. The number of benzene rings is 1. The van der Waals surface area contributed by atoms with E-state index in [1.54, 1.807) is 20.8 Å². The summed E-state index contributed by atoms with van der Waals surface area (Å²) in [5, 5.41) is -0.201. The molecular weight excluding hydrogens is 315 g/mol. The van der Waals surface area contributed by atoms with Gasteiger partial charge in [0.15, 0.2) is 0 Å². The fourth-order valence-corrected chi connectivity index (χ4v) is 1.83. The lowest BCUT2D eigenvalue weighted by molar-refractivity contribution is -0.274. The van der Waals surface area contributed by atoms with Crippen LogP contribution in [-0.4, -0.2) is 21.5 Å². The maximum absolute atomic E-state index is 12.1. The molecule has 3 nitrogen and oxygen atoms in total. The van der Waals surface area contributed by atoms with Crippen LogP contribution in [0.3, 0.4) is 0 Å². The zero-order valence-electron chi connectivity index (χ0n) is 11.0. The molecule has 1 atom stereocenters. The number of halogens is 4. The van der Waals surface area contributed by atoms with Gasteiger partial charge in [-0.05, 0) is 44.5 Å². The van der Waals surface area contributed by atoms with Crippen LogP contribution in [0.15, 0.2) is 22.6 Å². The minimum Gasteiger partial charge on any atom is -0.404 e. The van der Waals surface area contributed by atoms with E-state index in [1.807, 2.05) is 0 Å². The Morgan fingerprint density at radius 2 is 1.90 bits per heavy atom. The molecule has 0 fully saturated rings. The van der Waals surface area contributed by atoms with Crippen molar-refractivity contribution in [1.82, 2.24) is 0 Å². The van der Waals surface area contributed by atoms with Gasteiger partial charge in [-0.1, -0.05) is 11.6 Å². The third-order valence-electron chi connectivity index (χ3n) is 2.00. The maximum Gasteiger partial charge on any atom is 0.573 e. The van der Waals surface area contributed by atoms with Gasteiger partial charge >= 0.3 is 6.36 Å². The highest BCUT2D eigenvalue weighted by Gasteiger charge is 2.32. The van der Waals surface area contributed by atoms with Crippen molar-refractivity contribution >= 4 is 28.8 Å². The van der Waals surface area contributed by atoms with Gasteiger partial charge in [0, 0.05) is 6.21 Å². The first-order valence-electron chi connectivity index (χ1n) is 5.50. The lowest BCUT2D eigenvalue weighted by Gasteiger charge is -2.13. The molecule has 0 saturated carbocycles. The summed E-state index contributed by atoms with van der Waals surface area (Å²) >= 11 is 5.68. The first kappa shape index (κ1) is 17.0. The molecule has 0 amide bonds. The van der Waals surface area contributed by atoms with Crippen LogP contribution < -0.4 is 4.74 Å². The van der Waals surface area contributed by atoms with E-state index in [0.717, 1.165) is 6.07 Å². The van der Waals surface area contributed by atoms with Gasteiger partial charge in [-0.15, -0.1) is 13.2 Å². The molecule has 0 N–H and O–H groups in total. The molecule has 0 aliphatic rings. The Bertz CT molecular complexity index is 538. The average Bonchev–Trinajstić information content (AvgIpc) is 2.26. The van der Waals surface area contributed by atoms with Crippen molar-refractivity contribution < 1.29 is 22.1 Å². The molecule has 1 rings (SSSR count). The summed E-state index contributed by atoms with van der Waals surface area (Å²) in [5.41, 5.74) is 0.433.